The fourth-order valence-corrected chi connectivity index (χ4v) is 2.20. The average molecular weight is 196 g/mol. The number of hydrogen-bond acceptors (Lipinski definition) is 2. The van der Waals surface area contributed by atoms with Crippen LogP contribution in [0.25, 0.3) is 0 Å². The van der Waals surface area contributed by atoms with E-state index in [9.17, 15) is 0 Å². The van der Waals surface area contributed by atoms with E-state index in [0.29, 0.717) is 0 Å². The summed E-state index contributed by atoms with van der Waals surface area (Å²) in [5, 5.41) is 3.46. The molecule has 0 aliphatic carbocycles. The van der Waals surface area contributed by atoms with Crippen LogP contribution in [0.3, 0.4) is 0 Å². The van der Waals surface area contributed by atoms with Crippen molar-refractivity contribution in [3.8, 4) is 0 Å². The third-order valence-electron chi connectivity index (χ3n) is 3.10. The van der Waals surface area contributed by atoms with Crippen molar-refractivity contribution >= 4 is 0 Å². The molecular formula is C12H24N2. The highest BCUT2D eigenvalue weighted by Gasteiger charge is 2.24. The summed E-state index contributed by atoms with van der Waals surface area (Å²) in [4.78, 5) is 2.52. The molecule has 0 saturated carbocycles. The lowest BCUT2D eigenvalue weighted by atomic mass is 9.97. The molecule has 0 aromatic rings. The van der Waals surface area contributed by atoms with E-state index in [-0.39, 0.29) is 0 Å². The second kappa shape index (κ2) is 6.20. The third-order valence-corrected chi connectivity index (χ3v) is 3.10. The maximum absolute atomic E-state index is 3.82. The highest BCUT2D eigenvalue weighted by molar-refractivity contribution is 4.82. The molecule has 0 aromatic carbocycles. The second-order valence-electron chi connectivity index (χ2n) is 4.44. The van der Waals surface area contributed by atoms with Crippen molar-refractivity contribution in [1.82, 2.24) is 10.2 Å². The monoisotopic (exact) mass is 196 g/mol. The van der Waals surface area contributed by atoms with Crippen molar-refractivity contribution in [3.63, 3.8) is 0 Å². The molecule has 1 aliphatic rings. The van der Waals surface area contributed by atoms with Crippen LogP contribution in [0.1, 0.15) is 20.3 Å². The van der Waals surface area contributed by atoms with Gasteiger partial charge in [-0.05, 0) is 37.9 Å². The van der Waals surface area contributed by atoms with Gasteiger partial charge in [-0.25, -0.2) is 0 Å². The predicted molar refractivity (Wildman–Crippen MR) is 62.5 cm³/mol. The highest BCUT2D eigenvalue weighted by atomic mass is 15.1. The Morgan fingerprint density at radius 1 is 1.50 bits per heavy atom. The van der Waals surface area contributed by atoms with Crippen molar-refractivity contribution < 1.29 is 0 Å². The van der Waals surface area contributed by atoms with Crippen LogP contribution in [-0.2, 0) is 0 Å². The maximum Gasteiger partial charge on any atom is 0.0160 e. The number of hydrogen-bond donors (Lipinski definition) is 1. The van der Waals surface area contributed by atoms with Crippen LogP contribution in [0.15, 0.2) is 12.7 Å². The van der Waals surface area contributed by atoms with Gasteiger partial charge in [0.2, 0.25) is 0 Å². The zero-order valence-electron chi connectivity index (χ0n) is 9.63. The summed E-state index contributed by atoms with van der Waals surface area (Å²) in [5.41, 5.74) is 0. The molecule has 1 fully saturated rings. The Hall–Kier alpha value is -0.340. The Bertz CT molecular complexity index is 168. The SMILES string of the molecule is C=CCN(CCC)C[C@@H]1CNC[C@H]1C. The number of nitrogens with one attached hydrogen (secondary N) is 1. The van der Waals surface area contributed by atoms with Gasteiger partial charge in [-0.1, -0.05) is 19.9 Å². The quantitative estimate of drug-likeness (QED) is 0.651. The Kier molecular flexibility index (Phi) is 5.20. The molecule has 0 unspecified atom stereocenters. The largest absolute Gasteiger partial charge is 0.316 e. The first kappa shape index (κ1) is 11.7. The first-order chi connectivity index (χ1) is 6.77. The lowest BCUT2D eigenvalue weighted by Gasteiger charge is -2.25. The lowest BCUT2D eigenvalue weighted by molar-refractivity contribution is 0.238. The van der Waals surface area contributed by atoms with Gasteiger partial charge in [0.25, 0.3) is 0 Å². The Morgan fingerprint density at radius 3 is 2.79 bits per heavy atom. The molecule has 1 aliphatic heterocycles. The van der Waals surface area contributed by atoms with E-state index < -0.39 is 0 Å². The normalized spacial score (nSPS) is 27.1. The van der Waals surface area contributed by atoms with Crippen LogP contribution in [0.4, 0.5) is 0 Å². The van der Waals surface area contributed by atoms with Crippen molar-refractivity contribution in [2.75, 3.05) is 32.7 Å². The first-order valence-electron chi connectivity index (χ1n) is 5.81. The molecule has 1 N–H and O–H groups in total. The van der Waals surface area contributed by atoms with E-state index in [1.165, 1.54) is 32.6 Å². The molecule has 14 heavy (non-hydrogen) atoms. The smallest absolute Gasteiger partial charge is 0.0160 e. The van der Waals surface area contributed by atoms with Crippen molar-refractivity contribution in [3.05, 3.63) is 12.7 Å². The molecule has 0 radical (unpaired) electrons. The van der Waals surface area contributed by atoms with Gasteiger partial charge >= 0.3 is 0 Å². The summed E-state index contributed by atoms with van der Waals surface area (Å²) >= 11 is 0. The fraction of sp³-hybridized carbons (Fsp3) is 0.833. The zero-order valence-corrected chi connectivity index (χ0v) is 9.63. The summed E-state index contributed by atoms with van der Waals surface area (Å²) in [6.07, 6.45) is 3.26. The first-order valence-corrected chi connectivity index (χ1v) is 5.81. The van der Waals surface area contributed by atoms with Crippen LogP contribution < -0.4 is 5.32 Å². The summed E-state index contributed by atoms with van der Waals surface area (Å²) in [6.45, 7) is 14.3. The van der Waals surface area contributed by atoms with Crippen molar-refractivity contribution in [1.29, 1.82) is 0 Å². The third kappa shape index (κ3) is 3.43. The summed E-state index contributed by atoms with van der Waals surface area (Å²) in [7, 11) is 0. The average Bonchev–Trinajstić information content (AvgIpc) is 2.53. The molecule has 82 valence electrons. The predicted octanol–water partition coefficient (Wildman–Crippen LogP) is 1.74. The molecule has 2 heteroatoms. The molecule has 2 nitrogen and oxygen atoms in total. The molecule has 1 rings (SSSR count). The molecule has 0 amide bonds. The topological polar surface area (TPSA) is 15.3 Å². The van der Waals surface area contributed by atoms with Crippen LogP contribution in [-0.4, -0.2) is 37.6 Å². The standard InChI is InChI=1S/C12H24N2/c1-4-6-14(7-5-2)10-12-9-13-8-11(12)3/h4,11-13H,1,5-10H2,2-3H3/t11-,12+/m1/s1. The molecule has 0 bridgehead atoms. The van der Waals surface area contributed by atoms with Gasteiger partial charge in [0.1, 0.15) is 0 Å². The van der Waals surface area contributed by atoms with E-state index in [4.69, 9.17) is 0 Å². The summed E-state index contributed by atoms with van der Waals surface area (Å²) in [5.74, 6) is 1.67. The van der Waals surface area contributed by atoms with Gasteiger partial charge in [0.05, 0.1) is 0 Å². The van der Waals surface area contributed by atoms with Gasteiger partial charge in [-0.3, -0.25) is 4.90 Å². The van der Waals surface area contributed by atoms with Crippen molar-refractivity contribution in [2.45, 2.75) is 20.3 Å². The summed E-state index contributed by atoms with van der Waals surface area (Å²) in [6, 6.07) is 0. The summed E-state index contributed by atoms with van der Waals surface area (Å²) < 4.78 is 0. The van der Waals surface area contributed by atoms with Crippen LogP contribution in [0.5, 0.6) is 0 Å². The van der Waals surface area contributed by atoms with E-state index >= 15 is 0 Å². The zero-order chi connectivity index (χ0) is 10.4. The minimum atomic E-state index is 0.833. The van der Waals surface area contributed by atoms with Gasteiger partial charge in [0.15, 0.2) is 0 Å². The van der Waals surface area contributed by atoms with Gasteiger partial charge in [-0.15, -0.1) is 6.58 Å². The molecule has 1 saturated heterocycles. The van der Waals surface area contributed by atoms with Crippen LogP contribution >= 0.6 is 0 Å². The molecule has 0 spiro atoms. The van der Waals surface area contributed by atoms with E-state index in [1.807, 2.05) is 6.08 Å². The van der Waals surface area contributed by atoms with Gasteiger partial charge in [0, 0.05) is 13.1 Å². The van der Waals surface area contributed by atoms with Crippen LogP contribution in [0, 0.1) is 11.8 Å². The Balaban J connectivity index is 2.33. The fourth-order valence-electron chi connectivity index (χ4n) is 2.20. The van der Waals surface area contributed by atoms with Crippen molar-refractivity contribution in [2.24, 2.45) is 11.8 Å². The Morgan fingerprint density at radius 2 is 2.29 bits per heavy atom. The van der Waals surface area contributed by atoms with E-state index in [2.05, 4.69) is 30.6 Å². The van der Waals surface area contributed by atoms with E-state index in [1.54, 1.807) is 0 Å². The van der Waals surface area contributed by atoms with Gasteiger partial charge in [-0.2, -0.15) is 0 Å². The number of nitrogens with zero attached hydrogens (tertiary/aromatic N) is 1. The highest BCUT2D eigenvalue weighted by Crippen LogP contribution is 2.17. The molecule has 0 aromatic heterocycles. The molecule has 2 atom stereocenters. The Labute approximate surface area is 88.4 Å². The van der Waals surface area contributed by atoms with E-state index in [0.717, 1.165) is 18.4 Å². The van der Waals surface area contributed by atoms with Crippen LogP contribution in [0.2, 0.25) is 0 Å². The minimum absolute atomic E-state index is 0.833. The maximum atomic E-state index is 3.82. The number of rotatable bonds is 6. The van der Waals surface area contributed by atoms with Gasteiger partial charge < -0.3 is 5.32 Å². The minimum Gasteiger partial charge on any atom is -0.316 e. The molecule has 1 heterocycles. The second-order valence-corrected chi connectivity index (χ2v) is 4.44. The molecular weight excluding hydrogens is 172 g/mol. The lowest BCUT2D eigenvalue weighted by Crippen LogP contribution is -2.33.